The van der Waals surface area contributed by atoms with Crippen LogP contribution in [0, 0.1) is 0 Å². The molecule has 1 amide bonds. The summed E-state index contributed by atoms with van der Waals surface area (Å²) >= 11 is 1.36. The van der Waals surface area contributed by atoms with Crippen molar-refractivity contribution >= 4 is 34.0 Å². The van der Waals surface area contributed by atoms with Crippen molar-refractivity contribution in [2.75, 3.05) is 53.0 Å². The van der Waals surface area contributed by atoms with E-state index in [9.17, 15) is 4.79 Å². The van der Waals surface area contributed by atoms with Gasteiger partial charge in [-0.15, -0.1) is 11.3 Å². The van der Waals surface area contributed by atoms with Gasteiger partial charge >= 0.3 is 0 Å². The second kappa shape index (κ2) is 8.45. The Bertz CT molecular complexity index is 1050. The number of pyridine rings is 1. The summed E-state index contributed by atoms with van der Waals surface area (Å²) in [4.78, 5) is 28.6. The van der Waals surface area contributed by atoms with Gasteiger partial charge in [0.25, 0.3) is 5.91 Å². The third kappa shape index (κ3) is 4.17. The minimum absolute atomic E-state index is 0.0187. The molecular formula is C21H25N5O3S. The first kappa shape index (κ1) is 20.4. The van der Waals surface area contributed by atoms with Crippen LogP contribution in [0.25, 0.3) is 10.9 Å². The standard InChI is InChI=1S/C21H25N5O3S/c1-24(2)5-6-26(21(27)19-10-22-12-30-19)11-15-7-14-8-17-18(29-13-28-17)9-16(14)23-20(15)25(3)4/h7-10,12H,5-6,11,13H2,1-4H3. The number of rotatable bonds is 7. The van der Waals surface area contributed by atoms with E-state index in [4.69, 9.17) is 14.5 Å². The number of thiazole rings is 1. The van der Waals surface area contributed by atoms with Crippen LogP contribution in [0.3, 0.4) is 0 Å². The fraction of sp³-hybridized carbons (Fsp3) is 0.381. The molecule has 30 heavy (non-hydrogen) atoms. The smallest absolute Gasteiger partial charge is 0.265 e. The molecule has 0 fully saturated rings. The quantitative estimate of drug-likeness (QED) is 0.574. The topological polar surface area (TPSA) is 71.0 Å². The van der Waals surface area contributed by atoms with Crippen LogP contribution in [-0.4, -0.2) is 73.7 Å². The number of carbonyl (C=O) groups excluding carboxylic acids is 1. The van der Waals surface area contributed by atoms with Crippen molar-refractivity contribution in [2.24, 2.45) is 0 Å². The zero-order valence-electron chi connectivity index (χ0n) is 17.6. The number of hydrogen-bond donors (Lipinski definition) is 0. The molecule has 0 radical (unpaired) electrons. The van der Waals surface area contributed by atoms with E-state index >= 15 is 0 Å². The Morgan fingerprint density at radius 1 is 1.10 bits per heavy atom. The van der Waals surface area contributed by atoms with Crippen LogP contribution >= 0.6 is 11.3 Å². The maximum Gasteiger partial charge on any atom is 0.265 e. The van der Waals surface area contributed by atoms with Crippen LogP contribution in [0.1, 0.15) is 15.2 Å². The second-order valence-electron chi connectivity index (χ2n) is 7.66. The minimum atomic E-state index is -0.0187. The van der Waals surface area contributed by atoms with Crippen LogP contribution in [0.4, 0.5) is 5.82 Å². The van der Waals surface area contributed by atoms with Gasteiger partial charge in [-0.05, 0) is 26.2 Å². The number of benzene rings is 1. The highest BCUT2D eigenvalue weighted by molar-refractivity contribution is 7.11. The lowest BCUT2D eigenvalue weighted by Gasteiger charge is -2.26. The minimum Gasteiger partial charge on any atom is -0.454 e. The Balaban J connectivity index is 1.71. The van der Waals surface area contributed by atoms with Crippen LogP contribution in [0.15, 0.2) is 29.9 Å². The molecule has 8 nitrogen and oxygen atoms in total. The molecule has 2 aromatic heterocycles. The summed E-state index contributed by atoms with van der Waals surface area (Å²) in [6, 6.07) is 5.94. The lowest BCUT2D eigenvalue weighted by Crippen LogP contribution is -2.36. The molecule has 1 aromatic carbocycles. The number of carbonyl (C=O) groups is 1. The molecule has 4 rings (SSSR count). The Kier molecular flexibility index (Phi) is 5.74. The van der Waals surface area contributed by atoms with Gasteiger partial charge in [-0.3, -0.25) is 9.78 Å². The molecule has 9 heteroatoms. The van der Waals surface area contributed by atoms with Gasteiger partial charge in [-0.25, -0.2) is 4.98 Å². The highest BCUT2D eigenvalue weighted by atomic mass is 32.1. The maximum absolute atomic E-state index is 13.1. The highest BCUT2D eigenvalue weighted by Gasteiger charge is 2.22. The number of hydrogen-bond acceptors (Lipinski definition) is 8. The number of ether oxygens (including phenoxy) is 2. The Labute approximate surface area is 179 Å². The first-order valence-corrected chi connectivity index (χ1v) is 10.5. The average Bonchev–Trinajstić information content (AvgIpc) is 3.39. The zero-order valence-corrected chi connectivity index (χ0v) is 18.4. The van der Waals surface area contributed by atoms with Crippen LogP contribution in [0.2, 0.25) is 0 Å². The monoisotopic (exact) mass is 427 g/mol. The molecule has 0 saturated heterocycles. The zero-order chi connectivity index (χ0) is 21.3. The van der Waals surface area contributed by atoms with Crippen molar-refractivity contribution in [3.05, 3.63) is 40.3 Å². The van der Waals surface area contributed by atoms with Crippen molar-refractivity contribution in [3.8, 4) is 11.5 Å². The molecule has 0 bridgehead atoms. The van der Waals surface area contributed by atoms with Crippen molar-refractivity contribution in [1.29, 1.82) is 0 Å². The molecule has 0 aliphatic carbocycles. The SMILES string of the molecule is CN(C)CCN(Cc1cc2cc3c(cc2nc1N(C)C)OCO3)C(=O)c1cncs1. The van der Waals surface area contributed by atoms with Gasteiger partial charge in [0.05, 0.1) is 17.2 Å². The van der Waals surface area contributed by atoms with Crippen molar-refractivity contribution < 1.29 is 14.3 Å². The number of fused-ring (bicyclic) bond motifs is 2. The lowest BCUT2D eigenvalue weighted by molar-refractivity contribution is 0.0737. The number of nitrogens with zero attached hydrogens (tertiary/aromatic N) is 5. The van der Waals surface area contributed by atoms with E-state index in [1.54, 1.807) is 11.7 Å². The van der Waals surface area contributed by atoms with Gasteiger partial charge in [0, 0.05) is 50.7 Å². The third-order valence-corrected chi connectivity index (χ3v) is 5.66. The fourth-order valence-corrected chi connectivity index (χ4v) is 3.94. The molecule has 3 heterocycles. The molecule has 3 aromatic rings. The molecule has 0 saturated carbocycles. The van der Waals surface area contributed by atoms with Gasteiger partial charge in [0.15, 0.2) is 11.5 Å². The first-order chi connectivity index (χ1) is 14.4. The van der Waals surface area contributed by atoms with Gasteiger partial charge in [-0.2, -0.15) is 0 Å². The Morgan fingerprint density at radius 2 is 1.87 bits per heavy atom. The number of aromatic nitrogens is 2. The summed E-state index contributed by atoms with van der Waals surface area (Å²) in [5, 5.41) is 0.956. The number of amides is 1. The summed E-state index contributed by atoms with van der Waals surface area (Å²) in [7, 11) is 7.92. The van der Waals surface area contributed by atoms with E-state index in [0.717, 1.165) is 34.6 Å². The van der Waals surface area contributed by atoms with E-state index in [0.29, 0.717) is 23.7 Å². The van der Waals surface area contributed by atoms with E-state index in [1.165, 1.54) is 11.3 Å². The molecule has 0 spiro atoms. The molecule has 0 N–H and O–H groups in total. The summed E-state index contributed by atoms with van der Waals surface area (Å²) in [5.74, 6) is 2.24. The van der Waals surface area contributed by atoms with Crippen LogP contribution < -0.4 is 14.4 Å². The van der Waals surface area contributed by atoms with E-state index in [1.807, 2.05) is 50.1 Å². The van der Waals surface area contributed by atoms with Gasteiger partial charge in [0.2, 0.25) is 6.79 Å². The molecule has 0 atom stereocenters. The summed E-state index contributed by atoms with van der Waals surface area (Å²) in [6.07, 6.45) is 1.63. The average molecular weight is 428 g/mol. The summed E-state index contributed by atoms with van der Waals surface area (Å²) < 4.78 is 11.0. The predicted molar refractivity (Wildman–Crippen MR) is 118 cm³/mol. The van der Waals surface area contributed by atoms with E-state index in [2.05, 4.69) is 16.0 Å². The third-order valence-electron chi connectivity index (χ3n) is 4.90. The molecule has 1 aliphatic rings. The van der Waals surface area contributed by atoms with Gasteiger partial charge in [-0.1, -0.05) is 0 Å². The lowest BCUT2D eigenvalue weighted by atomic mass is 10.1. The Hall–Kier alpha value is -2.91. The first-order valence-electron chi connectivity index (χ1n) is 9.65. The molecular weight excluding hydrogens is 402 g/mol. The maximum atomic E-state index is 13.1. The van der Waals surface area contributed by atoms with E-state index < -0.39 is 0 Å². The van der Waals surface area contributed by atoms with Crippen molar-refractivity contribution in [3.63, 3.8) is 0 Å². The fourth-order valence-electron chi connectivity index (χ4n) is 3.36. The second-order valence-corrected chi connectivity index (χ2v) is 8.55. The molecule has 0 unspecified atom stereocenters. The largest absolute Gasteiger partial charge is 0.454 e. The predicted octanol–water partition coefficient (Wildman–Crippen LogP) is 2.69. The van der Waals surface area contributed by atoms with Crippen LogP contribution in [0.5, 0.6) is 11.5 Å². The number of anilines is 1. The van der Waals surface area contributed by atoms with E-state index in [-0.39, 0.29) is 12.7 Å². The summed E-state index contributed by atoms with van der Waals surface area (Å²) in [5.41, 5.74) is 3.49. The highest BCUT2D eigenvalue weighted by Crippen LogP contribution is 2.37. The normalized spacial score (nSPS) is 12.6. The van der Waals surface area contributed by atoms with Crippen molar-refractivity contribution in [2.45, 2.75) is 6.54 Å². The Morgan fingerprint density at radius 3 is 2.53 bits per heavy atom. The number of likely N-dealkylation sites (N-methyl/N-ethyl adjacent to an activating group) is 1. The van der Waals surface area contributed by atoms with Crippen LogP contribution in [-0.2, 0) is 6.54 Å². The van der Waals surface area contributed by atoms with Crippen molar-refractivity contribution in [1.82, 2.24) is 19.8 Å². The molecule has 1 aliphatic heterocycles. The summed E-state index contributed by atoms with van der Waals surface area (Å²) in [6.45, 7) is 2.05. The van der Waals surface area contributed by atoms with Gasteiger partial charge < -0.3 is 24.2 Å². The molecule has 158 valence electrons. The van der Waals surface area contributed by atoms with Gasteiger partial charge in [0.1, 0.15) is 10.7 Å².